The lowest BCUT2D eigenvalue weighted by molar-refractivity contribution is -0.317. The van der Waals surface area contributed by atoms with Crippen molar-refractivity contribution in [1.82, 2.24) is 5.06 Å². The van der Waals surface area contributed by atoms with Crippen LogP contribution in [-0.4, -0.2) is 36.5 Å². The minimum absolute atomic E-state index is 0. The third-order valence-corrected chi connectivity index (χ3v) is 5.81. The molecule has 5 atom stereocenters. The van der Waals surface area contributed by atoms with Gasteiger partial charge in [-0.25, -0.2) is 0 Å². The first kappa shape index (κ1) is 32.4. The monoisotopic (exact) mass is 505 g/mol. The molecule has 0 radical (unpaired) electrons. The Kier molecular flexibility index (Phi) is 13.8. The number of ether oxygens (including phenoxy) is 1. The molecule has 0 bridgehead atoms. The van der Waals surface area contributed by atoms with Gasteiger partial charge in [0.25, 0.3) is 0 Å². The van der Waals surface area contributed by atoms with Crippen LogP contribution < -0.4 is 0 Å². The average Bonchev–Trinajstić information content (AvgIpc) is 2.67. The maximum Gasteiger partial charge on any atom is 0.334 e. The van der Waals surface area contributed by atoms with E-state index in [1.54, 1.807) is 7.11 Å². The van der Waals surface area contributed by atoms with E-state index in [9.17, 15) is 4.79 Å². The summed E-state index contributed by atoms with van der Waals surface area (Å²) < 4.78 is 22.6. The number of carbonyl (C=O) groups excluding carboxylic acids is 1. The lowest BCUT2D eigenvalue weighted by Gasteiger charge is -2.46. The third-order valence-electron chi connectivity index (χ3n) is 4.67. The van der Waals surface area contributed by atoms with E-state index < -0.39 is 14.8 Å². The Balaban J connectivity index is 0.0000102. The summed E-state index contributed by atoms with van der Waals surface area (Å²) >= 11 is 0. The van der Waals surface area contributed by atoms with Crippen LogP contribution in [0.2, 0.25) is 0 Å². The summed E-state index contributed by atoms with van der Waals surface area (Å²) in [5.74, 6) is -0.296. The second kappa shape index (κ2) is 14.0. The van der Waals surface area contributed by atoms with E-state index in [0.29, 0.717) is 6.61 Å². The van der Waals surface area contributed by atoms with Gasteiger partial charge < -0.3 is 13.8 Å². The zero-order chi connectivity index (χ0) is 24.7. The highest BCUT2D eigenvalue weighted by Gasteiger charge is 2.41. The van der Waals surface area contributed by atoms with Crippen LogP contribution >= 0.6 is 18.5 Å². The molecule has 0 N–H and O–H groups in total. The van der Waals surface area contributed by atoms with Gasteiger partial charge in [0.2, 0.25) is 0 Å². The minimum atomic E-state index is -1.50. The van der Waals surface area contributed by atoms with Crippen molar-refractivity contribution >= 4 is 24.5 Å². The summed E-state index contributed by atoms with van der Waals surface area (Å²) in [6.45, 7) is 20.2. The lowest BCUT2D eigenvalue weighted by Crippen LogP contribution is -2.54. The number of hydrogen-bond acceptors (Lipinski definition) is 7. The van der Waals surface area contributed by atoms with Gasteiger partial charge in [0, 0.05) is 25.0 Å². The van der Waals surface area contributed by atoms with Gasteiger partial charge in [-0.05, 0) is 52.7 Å². The molecule has 1 rings (SSSR count). The van der Waals surface area contributed by atoms with Gasteiger partial charge in [0.05, 0.1) is 6.61 Å². The second-order valence-corrected chi connectivity index (χ2v) is 11.1. The Morgan fingerprint density at radius 1 is 1.00 bits per heavy atom. The number of carbonyl (C=O) groups is 1. The van der Waals surface area contributed by atoms with Crippen molar-refractivity contribution in [3.8, 4) is 0 Å². The van der Waals surface area contributed by atoms with Crippen molar-refractivity contribution in [3.63, 3.8) is 0 Å². The molecule has 0 saturated carbocycles. The molecule has 0 aromatic heterocycles. The number of nitrogens with zero attached hydrogens (tertiary/aromatic N) is 1. The van der Waals surface area contributed by atoms with Gasteiger partial charge in [-0.2, -0.15) is 15.0 Å². The molecule has 0 fully saturated rings. The highest BCUT2D eigenvalue weighted by molar-refractivity contribution is 7.41. The zero-order valence-corrected chi connectivity index (χ0v) is 24.6. The van der Waals surface area contributed by atoms with Crippen molar-refractivity contribution in [2.45, 2.75) is 93.2 Å². The molecule has 0 amide bonds. The smallest absolute Gasteiger partial charge is 0.334 e. The summed E-state index contributed by atoms with van der Waals surface area (Å²) in [4.78, 5) is 17.7. The predicted molar refractivity (Wildman–Crippen MR) is 139 cm³/mol. The van der Waals surface area contributed by atoms with Crippen LogP contribution in [0.1, 0.15) is 92.6 Å². The van der Waals surface area contributed by atoms with Crippen molar-refractivity contribution in [1.29, 1.82) is 0 Å². The van der Waals surface area contributed by atoms with E-state index in [1.165, 1.54) is 6.92 Å². The first-order chi connectivity index (χ1) is 14.7. The second-order valence-electron chi connectivity index (χ2n) is 9.81. The quantitative estimate of drug-likeness (QED) is 0.142. The van der Waals surface area contributed by atoms with Gasteiger partial charge >= 0.3 is 14.6 Å². The molecule has 0 aliphatic rings. The number of benzene rings is 1. The Morgan fingerprint density at radius 2 is 1.48 bits per heavy atom. The van der Waals surface area contributed by atoms with Crippen LogP contribution in [0.4, 0.5) is 0 Å². The standard InChI is InChI=1S/C24H42NO6P.H3P/c1-12-28-32(27-11)31-22(23(5,6)7)25(24(8,9)10)30-18(3)21-15-13-20(14-16-21)17(2)29-19(4)26;/h13-18,22H,12H2,1-11H3;1H3. The maximum atomic E-state index is 11.2. The van der Waals surface area contributed by atoms with E-state index in [-0.39, 0.29) is 39.0 Å². The Labute approximate surface area is 205 Å². The Morgan fingerprint density at radius 3 is 1.85 bits per heavy atom. The molecule has 9 heteroatoms. The van der Waals surface area contributed by atoms with Crippen LogP contribution in [-0.2, 0) is 27.9 Å². The molecule has 0 heterocycles. The van der Waals surface area contributed by atoms with Crippen molar-refractivity contribution in [2.75, 3.05) is 13.7 Å². The van der Waals surface area contributed by atoms with Gasteiger partial charge in [0.1, 0.15) is 18.4 Å². The Bertz CT molecular complexity index is 702. The molecular formula is C24H45NO6P2. The van der Waals surface area contributed by atoms with Crippen LogP contribution in [0.25, 0.3) is 0 Å². The van der Waals surface area contributed by atoms with Gasteiger partial charge in [-0.1, -0.05) is 45.0 Å². The van der Waals surface area contributed by atoms with Crippen molar-refractivity contribution in [2.24, 2.45) is 5.41 Å². The number of esters is 1. The van der Waals surface area contributed by atoms with Crippen molar-refractivity contribution in [3.05, 3.63) is 35.4 Å². The number of hydrogen-bond donors (Lipinski definition) is 0. The highest BCUT2D eigenvalue weighted by atomic mass is 31.2. The fraction of sp³-hybridized carbons (Fsp3) is 0.708. The number of rotatable bonds is 11. The van der Waals surface area contributed by atoms with E-state index in [2.05, 4.69) is 41.5 Å². The molecule has 1 aromatic carbocycles. The molecule has 7 nitrogen and oxygen atoms in total. The Hall–Kier alpha value is -0.650. The molecular weight excluding hydrogens is 460 g/mol. The lowest BCUT2D eigenvalue weighted by atomic mass is 9.92. The van der Waals surface area contributed by atoms with Gasteiger partial charge in [-0.3, -0.25) is 14.2 Å². The fourth-order valence-corrected chi connectivity index (χ4v) is 4.05. The average molecular weight is 506 g/mol. The summed E-state index contributed by atoms with van der Waals surface area (Å²) in [7, 11) is 0.0844. The third kappa shape index (κ3) is 10.7. The summed E-state index contributed by atoms with van der Waals surface area (Å²) in [6, 6.07) is 7.91. The molecule has 5 unspecified atom stereocenters. The summed E-state index contributed by atoms with van der Waals surface area (Å²) in [5.41, 5.74) is 1.32. The summed E-state index contributed by atoms with van der Waals surface area (Å²) in [6.07, 6.45) is -0.943. The SMILES string of the molecule is CCOP(OC)OC(N(OC(C)c1ccc(C(C)OC(C)=O)cc1)C(C)(C)C)C(C)(C)C.P. The molecule has 0 aliphatic heterocycles. The molecule has 0 saturated heterocycles. The van der Waals surface area contributed by atoms with Crippen LogP contribution in [0.5, 0.6) is 0 Å². The van der Waals surface area contributed by atoms with E-state index in [4.69, 9.17) is 23.1 Å². The van der Waals surface area contributed by atoms with Gasteiger partial charge in [-0.15, -0.1) is 0 Å². The van der Waals surface area contributed by atoms with E-state index >= 15 is 0 Å². The molecule has 192 valence electrons. The highest BCUT2D eigenvalue weighted by Crippen LogP contribution is 2.46. The minimum Gasteiger partial charge on any atom is -0.458 e. The molecule has 33 heavy (non-hydrogen) atoms. The molecule has 1 aromatic rings. The summed E-state index contributed by atoms with van der Waals surface area (Å²) in [5, 5.41) is 1.90. The molecule has 0 spiro atoms. The normalized spacial score (nSPS) is 16.0. The predicted octanol–water partition coefficient (Wildman–Crippen LogP) is 6.76. The fourth-order valence-electron chi connectivity index (χ4n) is 3.02. The van der Waals surface area contributed by atoms with Crippen LogP contribution in [0.15, 0.2) is 24.3 Å². The molecule has 0 aliphatic carbocycles. The van der Waals surface area contributed by atoms with E-state index in [1.807, 2.05) is 50.1 Å². The number of hydroxylamine groups is 2. The van der Waals surface area contributed by atoms with Crippen LogP contribution in [0.3, 0.4) is 0 Å². The van der Waals surface area contributed by atoms with E-state index in [0.717, 1.165) is 11.1 Å². The van der Waals surface area contributed by atoms with Crippen molar-refractivity contribution < 1.29 is 27.9 Å². The largest absolute Gasteiger partial charge is 0.458 e. The maximum absolute atomic E-state index is 11.2. The first-order valence-electron chi connectivity index (χ1n) is 11.1. The topological polar surface area (TPSA) is 66.5 Å². The van der Waals surface area contributed by atoms with Gasteiger partial charge in [0.15, 0.2) is 0 Å². The first-order valence-corrected chi connectivity index (χ1v) is 12.2. The van der Waals surface area contributed by atoms with Crippen LogP contribution in [0, 0.1) is 5.41 Å². The zero-order valence-electron chi connectivity index (χ0n) is 22.3.